The molecule has 0 spiro atoms. The van der Waals surface area contributed by atoms with Gasteiger partial charge in [0.05, 0.1) is 22.4 Å². The van der Waals surface area contributed by atoms with Gasteiger partial charge >= 0.3 is 6.09 Å². The number of carbonyl (C=O) groups is 1. The summed E-state index contributed by atoms with van der Waals surface area (Å²) < 4.78 is 8.00. The topological polar surface area (TPSA) is 47.4 Å². The van der Waals surface area contributed by atoms with Gasteiger partial charge < -0.3 is 9.64 Å². The Morgan fingerprint density at radius 2 is 2.06 bits per heavy atom. The number of ether oxygens (including phenoxy) is 1. The number of hydrogen-bond donors (Lipinski definition) is 0. The van der Waals surface area contributed by atoms with Gasteiger partial charge in [0.15, 0.2) is 0 Å². The number of nitrogens with zero attached hydrogens (tertiary/aromatic N) is 3. The molecule has 1 amide bonds. The Hall–Kier alpha value is -1.04. The average molecular weight is 318 g/mol. The van der Waals surface area contributed by atoms with Crippen LogP contribution in [0.15, 0.2) is 4.47 Å². The number of halogens is 1. The van der Waals surface area contributed by atoms with Gasteiger partial charge in [-0.1, -0.05) is 0 Å². The third kappa shape index (κ3) is 3.73. The van der Waals surface area contributed by atoms with E-state index in [4.69, 9.17) is 4.74 Å². The molecule has 1 rings (SSSR count). The molecule has 18 heavy (non-hydrogen) atoms. The molecule has 5 nitrogen and oxygen atoms in total. The molecule has 0 aliphatic rings. The second-order valence-electron chi connectivity index (χ2n) is 5.31. The van der Waals surface area contributed by atoms with Crippen LogP contribution in [0.1, 0.15) is 32.2 Å². The highest BCUT2D eigenvalue weighted by Gasteiger charge is 2.21. The first-order chi connectivity index (χ1) is 8.11. The number of amides is 1. The maximum Gasteiger partial charge on any atom is 0.410 e. The van der Waals surface area contributed by atoms with Crippen LogP contribution < -0.4 is 0 Å². The summed E-state index contributed by atoms with van der Waals surface area (Å²) >= 11 is 3.48. The molecule has 0 saturated carbocycles. The quantitative estimate of drug-likeness (QED) is 0.842. The molecule has 0 aliphatic heterocycles. The first kappa shape index (κ1) is 15.0. The molecule has 6 heteroatoms. The maximum absolute atomic E-state index is 11.9. The summed E-state index contributed by atoms with van der Waals surface area (Å²) in [7, 11) is 3.57. The van der Waals surface area contributed by atoms with Gasteiger partial charge in [0.2, 0.25) is 0 Å². The van der Waals surface area contributed by atoms with Crippen LogP contribution in [0.2, 0.25) is 0 Å². The summed E-state index contributed by atoms with van der Waals surface area (Å²) in [5.74, 6) is 0. The summed E-state index contributed by atoms with van der Waals surface area (Å²) in [5.41, 5.74) is 1.37. The summed E-state index contributed by atoms with van der Waals surface area (Å²) in [4.78, 5) is 13.4. The van der Waals surface area contributed by atoms with E-state index in [0.29, 0.717) is 6.54 Å². The summed E-state index contributed by atoms with van der Waals surface area (Å²) in [6.07, 6.45) is -0.340. The molecule has 0 atom stereocenters. The molecule has 0 N–H and O–H groups in total. The standard InChI is InChI=1S/C12H20BrN3O2/c1-8-10(13)9(16(6)14-8)7-15(5)11(17)18-12(2,3)4/h7H2,1-6H3. The average Bonchev–Trinajstić information content (AvgIpc) is 2.42. The lowest BCUT2D eigenvalue weighted by atomic mass is 10.2. The Bertz CT molecular complexity index is 449. The Labute approximate surface area is 116 Å². The first-order valence-corrected chi connectivity index (χ1v) is 6.53. The Morgan fingerprint density at radius 3 is 2.44 bits per heavy atom. The van der Waals surface area contributed by atoms with Crippen molar-refractivity contribution in [3.05, 3.63) is 15.9 Å². The largest absolute Gasteiger partial charge is 0.444 e. The van der Waals surface area contributed by atoms with Crippen LogP contribution in [0, 0.1) is 6.92 Å². The van der Waals surface area contributed by atoms with Crippen LogP contribution >= 0.6 is 15.9 Å². The fourth-order valence-electron chi connectivity index (χ4n) is 1.48. The summed E-state index contributed by atoms with van der Waals surface area (Å²) in [6, 6.07) is 0. The van der Waals surface area contributed by atoms with E-state index in [1.54, 1.807) is 11.7 Å². The van der Waals surface area contributed by atoms with Crippen LogP contribution in [0.5, 0.6) is 0 Å². The van der Waals surface area contributed by atoms with Gasteiger partial charge in [-0.15, -0.1) is 0 Å². The zero-order valence-electron chi connectivity index (χ0n) is 11.7. The lowest BCUT2D eigenvalue weighted by Gasteiger charge is -2.24. The summed E-state index contributed by atoms with van der Waals surface area (Å²) in [6.45, 7) is 7.92. The third-order valence-electron chi connectivity index (χ3n) is 2.35. The van der Waals surface area contributed by atoms with Crippen molar-refractivity contribution in [2.75, 3.05) is 7.05 Å². The Balaban J connectivity index is 2.76. The minimum absolute atomic E-state index is 0.340. The lowest BCUT2D eigenvalue weighted by molar-refractivity contribution is 0.0281. The van der Waals surface area contributed by atoms with E-state index in [0.717, 1.165) is 15.9 Å². The highest BCUT2D eigenvalue weighted by atomic mass is 79.9. The molecular formula is C12H20BrN3O2. The molecule has 0 aliphatic carbocycles. The van der Waals surface area contributed by atoms with Crippen molar-refractivity contribution in [1.82, 2.24) is 14.7 Å². The molecule has 1 heterocycles. The minimum atomic E-state index is -0.481. The van der Waals surface area contributed by atoms with Crippen molar-refractivity contribution in [2.45, 2.75) is 39.8 Å². The van der Waals surface area contributed by atoms with E-state index >= 15 is 0 Å². The highest BCUT2D eigenvalue weighted by molar-refractivity contribution is 9.10. The normalized spacial score (nSPS) is 11.5. The monoisotopic (exact) mass is 317 g/mol. The van der Waals surface area contributed by atoms with Crippen molar-refractivity contribution >= 4 is 22.0 Å². The summed E-state index contributed by atoms with van der Waals surface area (Å²) in [5, 5.41) is 4.29. The zero-order valence-corrected chi connectivity index (χ0v) is 13.3. The van der Waals surface area contributed by atoms with E-state index in [-0.39, 0.29) is 6.09 Å². The lowest BCUT2D eigenvalue weighted by Crippen LogP contribution is -2.34. The minimum Gasteiger partial charge on any atom is -0.444 e. The molecule has 102 valence electrons. The molecule has 0 aromatic carbocycles. The van der Waals surface area contributed by atoms with Crippen molar-refractivity contribution in [1.29, 1.82) is 0 Å². The SMILES string of the molecule is Cc1nn(C)c(CN(C)C(=O)OC(C)(C)C)c1Br. The first-order valence-electron chi connectivity index (χ1n) is 5.74. The Morgan fingerprint density at radius 1 is 1.50 bits per heavy atom. The zero-order chi connectivity index (χ0) is 14.1. The molecule has 0 fully saturated rings. The molecule has 0 unspecified atom stereocenters. The second-order valence-corrected chi connectivity index (χ2v) is 6.10. The van der Waals surface area contributed by atoms with Crippen molar-refractivity contribution in [3.8, 4) is 0 Å². The van der Waals surface area contributed by atoms with E-state index in [1.807, 2.05) is 34.7 Å². The van der Waals surface area contributed by atoms with E-state index in [2.05, 4.69) is 21.0 Å². The van der Waals surface area contributed by atoms with E-state index in [1.165, 1.54) is 4.90 Å². The van der Waals surface area contributed by atoms with Gasteiger partial charge in [-0.2, -0.15) is 5.10 Å². The van der Waals surface area contributed by atoms with Crippen molar-refractivity contribution in [2.24, 2.45) is 7.05 Å². The molecule has 0 saturated heterocycles. The highest BCUT2D eigenvalue weighted by Crippen LogP contribution is 2.21. The van der Waals surface area contributed by atoms with Crippen LogP contribution in [0.4, 0.5) is 4.79 Å². The van der Waals surface area contributed by atoms with Gasteiger partial charge in [-0.25, -0.2) is 4.79 Å². The smallest absolute Gasteiger partial charge is 0.410 e. The van der Waals surface area contributed by atoms with Gasteiger partial charge in [-0.3, -0.25) is 4.68 Å². The number of rotatable bonds is 2. The number of carbonyl (C=O) groups excluding carboxylic acids is 1. The third-order valence-corrected chi connectivity index (χ3v) is 3.39. The van der Waals surface area contributed by atoms with Crippen LogP contribution in [0.25, 0.3) is 0 Å². The van der Waals surface area contributed by atoms with E-state index in [9.17, 15) is 4.79 Å². The Kier molecular flexibility index (Phi) is 4.42. The molecule has 1 aromatic heterocycles. The predicted molar refractivity (Wildman–Crippen MR) is 73.3 cm³/mol. The van der Waals surface area contributed by atoms with Gasteiger partial charge in [0, 0.05) is 14.1 Å². The predicted octanol–water partition coefficient (Wildman–Crippen LogP) is 2.86. The van der Waals surface area contributed by atoms with Gasteiger partial charge in [-0.05, 0) is 43.6 Å². The fraction of sp³-hybridized carbons (Fsp3) is 0.667. The van der Waals surface area contributed by atoms with Crippen molar-refractivity contribution < 1.29 is 9.53 Å². The molecular weight excluding hydrogens is 298 g/mol. The van der Waals surface area contributed by atoms with Crippen LogP contribution in [-0.4, -0.2) is 33.4 Å². The van der Waals surface area contributed by atoms with E-state index < -0.39 is 5.60 Å². The van der Waals surface area contributed by atoms with Gasteiger partial charge in [0.1, 0.15) is 5.60 Å². The number of aromatic nitrogens is 2. The molecule has 0 bridgehead atoms. The van der Waals surface area contributed by atoms with Crippen LogP contribution in [0.3, 0.4) is 0 Å². The van der Waals surface area contributed by atoms with Gasteiger partial charge in [0.25, 0.3) is 0 Å². The fourth-order valence-corrected chi connectivity index (χ4v) is 1.94. The number of hydrogen-bond acceptors (Lipinski definition) is 3. The number of aryl methyl sites for hydroxylation is 2. The molecule has 1 aromatic rings. The molecule has 0 radical (unpaired) electrons. The van der Waals surface area contributed by atoms with Crippen molar-refractivity contribution in [3.63, 3.8) is 0 Å². The maximum atomic E-state index is 11.9. The van der Waals surface area contributed by atoms with Crippen LogP contribution in [-0.2, 0) is 18.3 Å². The second kappa shape index (κ2) is 5.30.